The molecule has 0 rings (SSSR count). The standard InChI is InChI=1S/C6H11FN2/c1-2-5-8-9-6-3-4-7/h2,6,8H,1,3-5H2/b9-6+. The van der Waals surface area contributed by atoms with Crippen LogP contribution in [0.1, 0.15) is 6.42 Å². The lowest BCUT2D eigenvalue weighted by Gasteiger charge is -1.89. The highest BCUT2D eigenvalue weighted by molar-refractivity contribution is 5.56. The van der Waals surface area contributed by atoms with E-state index in [1.165, 1.54) is 6.21 Å². The Morgan fingerprint density at radius 1 is 1.67 bits per heavy atom. The van der Waals surface area contributed by atoms with Gasteiger partial charge in [0.1, 0.15) is 0 Å². The van der Waals surface area contributed by atoms with Gasteiger partial charge in [0.15, 0.2) is 0 Å². The van der Waals surface area contributed by atoms with Crippen molar-refractivity contribution in [1.29, 1.82) is 0 Å². The lowest BCUT2D eigenvalue weighted by atomic mass is 10.5. The topological polar surface area (TPSA) is 24.4 Å². The van der Waals surface area contributed by atoms with Crippen LogP contribution in [0, 0.1) is 0 Å². The molecule has 0 amide bonds. The molecule has 9 heavy (non-hydrogen) atoms. The van der Waals surface area contributed by atoms with Gasteiger partial charge in [0.05, 0.1) is 13.2 Å². The third-order valence-corrected chi connectivity index (χ3v) is 0.656. The fraction of sp³-hybridized carbons (Fsp3) is 0.500. The number of alkyl halides is 1. The van der Waals surface area contributed by atoms with Crippen LogP contribution in [0.25, 0.3) is 0 Å². The number of nitrogens with one attached hydrogen (secondary N) is 1. The maximum Gasteiger partial charge on any atom is 0.0944 e. The first-order valence-electron chi connectivity index (χ1n) is 2.83. The third-order valence-electron chi connectivity index (χ3n) is 0.656. The lowest BCUT2D eigenvalue weighted by molar-refractivity contribution is 0.510. The Labute approximate surface area is 54.5 Å². The zero-order valence-electron chi connectivity index (χ0n) is 5.31. The molecule has 0 atom stereocenters. The smallest absolute Gasteiger partial charge is 0.0944 e. The Balaban J connectivity index is 2.94. The summed E-state index contributed by atoms with van der Waals surface area (Å²) in [5.41, 5.74) is 2.65. The van der Waals surface area contributed by atoms with Gasteiger partial charge in [-0.15, -0.1) is 6.58 Å². The van der Waals surface area contributed by atoms with Crippen molar-refractivity contribution < 1.29 is 4.39 Å². The van der Waals surface area contributed by atoms with Gasteiger partial charge in [0.25, 0.3) is 0 Å². The molecule has 0 aromatic carbocycles. The third kappa shape index (κ3) is 7.14. The molecule has 0 aliphatic rings. The minimum absolute atomic E-state index is 0.348. The average molecular weight is 130 g/mol. The molecule has 0 radical (unpaired) electrons. The van der Waals surface area contributed by atoms with Crippen molar-refractivity contribution in [2.24, 2.45) is 5.10 Å². The van der Waals surface area contributed by atoms with E-state index in [9.17, 15) is 4.39 Å². The SMILES string of the molecule is C=CCN/N=C/CCF. The van der Waals surface area contributed by atoms with Crippen molar-refractivity contribution in [2.75, 3.05) is 13.2 Å². The summed E-state index contributed by atoms with van der Waals surface area (Å²) in [5.74, 6) is 0. The van der Waals surface area contributed by atoms with Gasteiger partial charge in [-0.25, -0.2) is 0 Å². The maximum atomic E-state index is 11.4. The molecule has 0 aromatic rings. The predicted molar refractivity (Wildman–Crippen MR) is 37.3 cm³/mol. The number of halogens is 1. The molecular formula is C6H11FN2. The van der Waals surface area contributed by atoms with Gasteiger partial charge in [0.2, 0.25) is 0 Å². The Morgan fingerprint density at radius 2 is 2.44 bits per heavy atom. The Kier molecular flexibility index (Phi) is 6.46. The van der Waals surface area contributed by atoms with Crippen LogP contribution in [0.5, 0.6) is 0 Å². The summed E-state index contributed by atoms with van der Waals surface area (Å²) in [5, 5.41) is 3.66. The van der Waals surface area contributed by atoms with E-state index in [-0.39, 0.29) is 6.67 Å². The first kappa shape index (κ1) is 8.14. The molecule has 0 aliphatic carbocycles. The second kappa shape index (κ2) is 7.14. The molecule has 0 bridgehead atoms. The fourth-order valence-electron chi connectivity index (χ4n) is 0.295. The Morgan fingerprint density at radius 3 is 3.00 bits per heavy atom. The number of hydrazone groups is 1. The van der Waals surface area contributed by atoms with E-state index in [1.807, 2.05) is 0 Å². The fourth-order valence-corrected chi connectivity index (χ4v) is 0.295. The zero-order chi connectivity index (χ0) is 6.95. The van der Waals surface area contributed by atoms with Crippen LogP contribution in [0.15, 0.2) is 17.8 Å². The summed E-state index contributed by atoms with van der Waals surface area (Å²) in [6.07, 6.45) is 3.57. The molecule has 0 heterocycles. The highest BCUT2D eigenvalue weighted by Gasteiger charge is 1.74. The van der Waals surface area contributed by atoms with Gasteiger partial charge in [0, 0.05) is 12.6 Å². The van der Waals surface area contributed by atoms with E-state index in [4.69, 9.17) is 0 Å². The van der Waals surface area contributed by atoms with Crippen molar-refractivity contribution in [2.45, 2.75) is 6.42 Å². The first-order valence-corrected chi connectivity index (χ1v) is 2.83. The molecule has 3 heteroatoms. The van der Waals surface area contributed by atoms with Gasteiger partial charge in [-0.3, -0.25) is 4.39 Å². The monoisotopic (exact) mass is 130 g/mol. The molecule has 52 valence electrons. The van der Waals surface area contributed by atoms with Crippen molar-refractivity contribution in [3.63, 3.8) is 0 Å². The van der Waals surface area contributed by atoms with Crippen LogP contribution in [-0.2, 0) is 0 Å². The molecule has 0 aromatic heterocycles. The second-order valence-corrected chi connectivity index (χ2v) is 1.44. The Hall–Kier alpha value is -0.860. The van der Waals surface area contributed by atoms with Crippen molar-refractivity contribution in [3.05, 3.63) is 12.7 Å². The number of hydrogen-bond donors (Lipinski definition) is 1. The average Bonchev–Trinajstić information content (AvgIpc) is 1.89. The lowest BCUT2D eigenvalue weighted by Crippen LogP contribution is -2.03. The van der Waals surface area contributed by atoms with E-state index < -0.39 is 0 Å². The molecular weight excluding hydrogens is 119 g/mol. The predicted octanol–water partition coefficient (Wildman–Crippen LogP) is 1.11. The summed E-state index contributed by atoms with van der Waals surface area (Å²) in [7, 11) is 0. The summed E-state index contributed by atoms with van der Waals surface area (Å²) in [4.78, 5) is 0. The van der Waals surface area contributed by atoms with Gasteiger partial charge in [-0.2, -0.15) is 5.10 Å². The van der Waals surface area contributed by atoms with Crippen LogP contribution in [-0.4, -0.2) is 19.4 Å². The minimum Gasteiger partial charge on any atom is -0.307 e. The molecule has 0 aliphatic heterocycles. The largest absolute Gasteiger partial charge is 0.307 e. The van der Waals surface area contributed by atoms with Gasteiger partial charge in [-0.05, 0) is 0 Å². The van der Waals surface area contributed by atoms with Crippen LogP contribution in [0.4, 0.5) is 4.39 Å². The van der Waals surface area contributed by atoms with Gasteiger partial charge < -0.3 is 5.43 Å². The summed E-state index contributed by atoms with van der Waals surface area (Å²) in [6, 6.07) is 0. The summed E-state index contributed by atoms with van der Waals surface area (Å²) < 4.78 is 11.4. The van der Waals surface area contributed by atoms with Crippen molar-refractivity contribution in [1.82, 2.24) is 5.43 Å². The zero-order valence-corrected chi connectivity index (χ0v) is 5.31. The highest BCUT2D eigenvalue weighted by Crippen LogP contribution is 1.72. The van der Waals surface area contributed by atoms with Crippen molar-refractivity contribution >= 4 is 6.21 Å². The molecule has 2 nitrogen and oxygen atoms in total. The van der Waals surface area contributed by atoms with E-state index in [0.29, 0.717) is 13.0 Å². The summed E-state index contributed by atoms with van der Waals surface area (Å²) in [6.45, 7) is 3.75. The van der Waals surface area contributed by atoms with Crippen LogP contribution in [0.2, 0.25) is 0 Å². The van der Waals surface area contributed by atoms with Crippen LogP contribution < -0.4 is 5.43 Å². The van der Waals surface area contributed by atoms with E-state index in [2.05, 4.69) is 17.1 Å². The van der Waals surface area contributed by atoms with Crippen LogP contribution >= 0.6 is 0 Å². The minimum atomic E-state index is -0.348. The number of rotatable bonds is 5. The molecule has 1 N–H and O–H groups in total. The normalized spacial score (nSPS) is 9.89. The molecule has 0 saturated carbocycles. The van der Waals surface area contributed by atoms with Crippen molar-refractivity contribution in [3.8, 4) is 0 Å². The van der Waals surface area contributed by atoms with E-state index in [0.717, 1.165) is 0 Å². The highest BCUT2D eigenvalue weighted by atomic mass is 19.1. The van der Waals surface area contributed by atoms with Crippen LogP contribution in [0.3, 0.4) is 0 Å². The second-order valence-electron chi connectivity index (χ2n) is 1.44. The molecule has 0 fully saturated rings. The first-order chi connectivity index (χ1) is 4.41. The number of nitrogens with zero attached hydrogens (tertiary/aromatic N) is 1. The molecule has 0 spiro atoms. The Bertz CT molecular complexity index is 91.1. The number of hydrogen-bond acceptors (Lipinski definition) is 2. The molecule has 0 saturated heterocycles. The van der Waals surface area contributed by atoms with Gasteiger partial charge >= 0.3 is 0 Å². The maximum absolute atomic E-state index is 11.4. The van der Waals surface area contributed by atoms with E-state index >= 15 is 0 Å². The van der Waals surface area contributed by atoms with E-state index in [1.54, 1.807) is 6.08 Å². The summed E-state index contributed by atoms with van der Waals surface area (Å²) >= 11 is 0. The van der Waals surface area contributed by atoms with Gasteiger partial charge in [-0.1, -0.05) is 6.08 Å². The quantitative estimate of drug-likeness (QED) is 0.256. The molecule has 0 unspecified atom stereocenters.